The minimum atomic E-state index is -0.716. The summed E-state index contributed by atoms with van der Waals surface area (Å²) in [7, 11) is 0. The Morgan fingerprint density at radius 2 is 2.29 bits per heavy atom. The summed E-state index contributed by atoms with van der Waals surface area (Å²) in [5, 5.41) is 12.4. The zero-order valence-electron chi connectivity index (χ0n) is 7.07. The van der Waals surface area contributed by atoms with E-state index in [1.54, 1.807) is 24.3 Å². The van der Waals surface area contributed by atoms with Crippen LogP contribution in [0.25, 0.3) is 0 Å². The summed E-state index contributed by atoms with van der Waals surface area (Å²) in [6.07, 6.45) is 0. The van der Waals surface area contributed by atoms with E-state index in [4.69, 9.17) is 0 Å². The molecule has 0 unspecified atom stereocenters. The lowest BCUT2D eigenvalue weighted by atomic mass is 10.3. The quantitative estimate of drug-likeness (QED) is 0.662. The van der Waals surface area contributed by atoms with Crippen LogP contribution in [0.1, 0.15) is 0 Å². The van der Waals surface area contributed by atoms with Crippen molar-refractivity contribution in [3.8, 4) is 0 Å². The fraction of sp³-hybridized carbons (Fsp3) is 0.125. The fourth-order valence-corrected chi connectivity index (χ4v) is 1.28. The highest BCUT2D eigenvalue weighted by atomic mass is 79.9. The highest BCUT2D eigenvalue weighted by Gasteiger charge is 2.08. The highest BCUT2D eigenvalue weighted by molar-refractivity contribution is 9.10. The fourth-order valence-electron chi connectivity index (χ4n) is 0.884. The van der Waals surface area contributed by atoms with Gasteiger partial charge >= 0.3 is 0 Å². The molecule has 0 radical (unpaired) electrons. The predicted octanol–water partition coefficient (Wildman–Crippen LogP) is 1.66. The largest absolute Gasteiger partial charge is 0.320 e. The lowest BCUT2D eigenvalue weighted by Crippen LogP contribution is -2.21. The zero-order chi connectivity index (χ0) is 10.6. The second-order valence-electron chi connectivity index (χ2n) is 2.55. The normalized spacial score (nSPS) is 9.50. The smallest absolute Gasteiger partial charge is 0.296 e. The van der Waals surface area contributed by atoms with E-state index in [2.05, 4.69) is 21.2 Å². The van der Waals surface area contributed by atoms with Gasteiger partial charge in [0.15, 0.2) is 0 Å². The Balaban J connectivity index is 2.60. The average Bonchev–Trinajstić information content (AvgIpc) is 2.01. The lowest BCUT2D eigenvalue weighted by Gasteiger charge is -2.01. The van der Waals surface area contributed by atoms with Gasteiger partial charge in [-0.2, -0.15) is 0 Å². The van der Waals surface area contributed by atoms with E-state index in [-0.39, 0.29) is 0 Å². The van der Waals surface area contributed by atoms with Crippen LogP contribution >= 0.6 is 15.9 Å². The molecule has 1 amide bonds. The summed E-state index contributed by atoms with van der Waals surface area (Å²) in [5.41, 5.74) is 0.534. The first-order chi connectivity index (χ1) is 6.58. The van der Waals surface area contributed by atoms with Gasteiger partial charge in [-0.3, -0.25) is 14.9 Å². The van der Waals surface area contributed by atoms with Crippen LogP contribution in [0.15, 0.2) is 28.7 Å². The molecule has 1 rings (SSSR count). The molecular formula is C8H7BrN2O3. The van der Waals surface area contributed by atoms with E-state index in [0.717, 1.165) is 4.47 Å². The van der Waals surface area contributed by atoms with Crippen molar-refractivity contribution in [1.29, 1.82) is 0 Å². The minimum absolute atomic E-state index is 0.534. The van der Waals surface area contributed by atoms with Gasteiger partial charge in [0, 0.05) is 15.1 Å². The summed E-state index contributed by atoms with van der Waals surface area (Å²) in [6.45, 7) is -0.716. The number of halogens is 1. The van der Waals surface area contributed by atoms with Crippen molar-refractivity contribution >= 4 is 27.5 Å². The first kappa shape index (κ1) is 10.6. The monoisotopic (exact) mass is 258 g/mol. The maximum Gasteiger partial charge on any atom is 0.296 e. The van der Waals surface area contributed by atoms with Crippen LogP contribution in [0.2, 0.25) is 0 Å². The number of nitro groups is 1. The van der Waals surface area contributed by atoms with Crippen LogP contribution in [-0.2, 0) is 4.79 Å². The minimum Gasteiger partial charge on any atom is -0.320 e. The Morgan fingerprint density at radius 3 is 2.86 bits per heavy atom. The molecule has 1 aromatic rings. The summed E-state index contributed by atoms with van der Waals surface area (Å²) >= 11 is 3.22. The number of carbonyl (C=O) groups is 1. The first-order valence-electron chi connectivity index (χ1n) is 3.75. The van der Waals surface area contributed by atoms with E-state index in [9.17, 15) is 14.9 Å². The molecule has 14 heavy (non-hydrogen) atoms. The molecule has 0 saturated heterocycles. The summed E-state index contributed by atoms with van der Waals surface area (Å²) < 4.78 is 0.802. The van der Waals surface area contributed by atoms with Gasteiger partial charge < -0.3 is 5.32 Å². The molecule has 1 N–H and O–H groups in total. The first-order valence-corrected chi connectivity index (χ1v) is 4.54. The van der Waals surface area contributed by atoms with Crippen molar-refractivity contribution < 1.29 is 9.72 Å². The van der Waals surface area contributed by atoms with Crippen LogP contribution in [0.3, 0.4) is 0 Å². The van der Waals surface area contributed by atoms with Gasteiger partial charge in [0.2, 0.25) is 0 Å². The van der Waals surface area contributed by atoms with E-state index >= 15 is 0 Å². The molecule has 0 aliphatic carbocycles. The van der Waals surface area contributed by atoms with Gasteiger partial charge in [0.05, 0.1) is 0 Å². The molecule has 0 saturated carbocycles. The average molecular weight is 259 g/mol. The third-order valence-electron chi connectivity index (χ3n) is 1.38. The number of anilines is 1. The third-order valence-corrected chi connectivity index (χ3v) is 1.87. The van der Waals surface area contributed by atoms with E-state index in [1.807, 2.05) is 0 Å². The van der Waals surface area contributed by atoms with Gasteiger partial charge in [-0.15, -0.1) is 0 Å². The molecule has 1 aromatic carbocycles. The van der Waals surface area contributed by atoms with E-state index in [0.29, 0.717) is 5.69 Å². The molecule has 0 aliphatic rings. The summed E-state index contributed by atoms with van der Waals surface area (Å²) in [5.74, 6) is -0.631. The second-order valence-corrected chi connectivity index (χ2v) is 3.47. The van der Waals surface area contributed by atoms with Gasteiger partial charge in [-0.25, -0.2) is 0 Å². The molecule has 0 bridgehead atoms. The van der Waals surface area contributed by atoms with Crippen LogP contribution in [0, 0.1) is 10.1 Å². The molecule has 0 fully saturated rings. The van der Waals surface area contributed by atoms with Crippen molar-refractivity contribution in [3.05, 3.63) is 38.9 Å². The Labute approximate surface area is 88.4 Å². The topological polar surface area (TPSA) is 72.2 Å². The lowest BCUT2D eigenvalue weighted by molar-refractivity contribution is -0.467. The number of amides is 1. The number of benzene rings is 1. The standard InChI is InChI=1S/C8H7BrN2O3/c9-6-2-1-3-7(4-6)10-8(12)5-11(13)14/h1-4H,5H2,(H,10,12). The summed E-state index contributed by atoms with van der Waals surface area (Å²) in [6, 6.07) is 6.84. The Morgan fingerprint density at radius 1 is 1.57 bits per heavy atom. The number of nitrogens with one attached hydrogen (secondary N) is 1. The van der Waals surface area contributed by atoms with Gasteiger partial charge in [-0.05, 0) is 18.2 Å². The molecule has 0 aromatic heterocycles. The van der Waals surface area contributed by atoms with Crippen LogP contribution in [0.5, 0.6) is 0 Å². The van der Waals surface area contributed by atoms with Crippen molar-refractivity contribution in [1.82, 2.24) is 0 Å². The third kappa shape index (κ3) is 3.53. The van der Waals surface area contributed by atoms with Crippen molar-refractivity contribution in [2.45, 2.75) is 0 Å². The highest BCUT2D eigenvalue weighted by Crippen LogP contribution is 2.15. The van der Waals surface area contributed by atoms with Gasteiger partial charge in [0.25, 0.3) is 12.5 Å². The number of rotatable bonds is 3. The number of hydrogen-bond acceptors (Lipinski definition) is 3. The Kier molecular flexibility index (Phi) is 3.58. The zero-order valence-corrected chi connectivity index (χ0v) is 8.65. The van der Waals surface area contributed by atoms with Gasteiger partial charge in [-0.1, -0.05) is 22.0 Å². The molecule has 0 spiro atoms. The van der Waals surface area contributed by atoms with E-state index in [1.165, 1.54) is 0 Å². The maximum absolute atomic E-state index is 11.0. The molecule has 0 aliphatic heterocycles. The van der Waals surface area contributed by atoms with Crippen LogP contribution < -0.4 is 5.32 Å². The van der Waals surface area contributed by atoms with Crippen molar-refractivity contribution in [2.24, 2.45) is 0 Å². The van der Waals surface area contributed by atoms with Crippen molar-refractivity contribution in [3.63, 3.8) is 0 Å². The number of hydrogen-bond donors (Lipinski definition) is 1. The molecule has 5 nitrogen and oxygen atoms in total. The van der Waals surface area contributed by atoms with Crippen LogP contribution in [-0.4, -0.2) is 17.4 Å². The molecule has 6 heteroatoms. The number of carbonyl (C=O) groups excluding carboxylic acids is 1. The molecular weight excluding hydrogens is 252 g/mol. The second kappa shape index (κ2) is 4.71. The molecule has 0 heterocycles. The number of nitrogens with zero attached hydrogens (tertiary/aromatic N) is 1. The van der Waals surface area contributed by atoms with Gasteiger partial charge in [0.1, 0.15) is 0 Å². The van der Waals surface area contributed by atoms with Crippen LogP contribution in [0.4, 0.5) is 5.69 Å². The SMILES string of the molecule is O=C(C[N+](=O)[O-])Nc1cccc(Br)c1. The maximum atomic E-state index is 11.0. The predicted molar refractivity (Wildman–Crippen MR) is 54.6 cm³/mol. The van der Waals surface area contributed by atoms with Crippen molar-refractivity contribution in [2.75, 3.05) is 11.9 Å². The summed E-state index contributed by atoms with van der Waals surface area (Å²) in [4.78, 5) is 20.3. The van der Waals surface area contributed by atoms with E-state index < -0.39 is 17.4 Å². The Bertz CT molecular complexity index is 367. The Hall–Kier alpha value is -1.43. The molecule has 0 atom stereocenters. The molecule has 74 valence electrons.